The summed E-state index contributed by atoms with van der Waals surface area (Å²) in [5.74, 6) is -2.14. The van der Waals surface area contributed by atoms with Crippen LogP contribution >= 0.6 is 0 Å². The van der Waals surface area contributed by atoms with E-state index < -0.39 is 29.7 Å². The van der Waals surface area contributed by atoms with E-state index in [1.54, 1.807) is 25.1 Å². The fourth-order valence-corrected chi connectivity index (χ4v) is 2.89. The maximum absolute atomic E-state index is 13.8. The molecule has 2 aliphatic rings. The molecule has 3 nitrogen and oxygen atoms in total. The van der Waals surface area contributed by atoms with E-state index in [9.17, 15) is 8.78 Å². The summed E-state index contributed by atoms with van der Waals surface area (Å²) in [4.78, 5) is 0. The van der Waals surface area contributed by atoms with Gasteiger partial charge in [-0.2, -0.15) is 0 Å². The lowest BCUT2D eigenvalue weighted by Gasteiger charge is -2.32. The Morgan fingerprint density at radius 1 is 1.00 bits per heavy atom. The summed E-state index contributed by atoms with van der Waals surface area (Å²) in [5, 5.41) is 0. The molecule has 1 aliphatic carbocycles. The summed E-state index contributed by atoms with van der Waals surface area (Å²) < 4.78 is 44.9. The van der Waals surface area contributed by atoms with Crippen molar-refractivity contribution < 1.29 is 22.8 Å². The molecule has 126 valence electrons. The van der Waals surface area contributed by atoms with E-state index in [-0.39, 0.29) is 6.42 Å². The zero-order valence-corrected chi connectivity index (χ0v) is 14.5. The summed E-state index contributed by atoms with van der Waals surface area (Å²) in [6.45, 7) is 9.43. The second-order valence-corrected chi connectivity index (χ2v) is 7.80. The van der Waals surface area contributed by atoms with Gasteiger partial charge in [-0.05, 0) is 57.8 Å². The maximum atomic E-state index is 13.8. The number of alkyl halides is 2. The number of hydrogen-bond acceptors (Lipinski definition) is 3. The van der Waals surface area contributed by atoms with Crippen molar-refractivity contribution in [3.63, 3.8) is 0 Å². The third-order valence-corrected chi connectivity index (χ3v) is 5.58. The highest BCUT2D eigenvalue weighted by Crippen LogP contribution is 2.61. The van der Waals surface area contributed by atoms with Crippen molar-refractivity contribution in [2.24, 2.45) is 0 Å². The van der Waals surface area contributed by atoms with E-state index in [0.29, 0.717) is 16.8 Å². The molecule has 3 rings (SSSR count). The molecule has 1 heterocycles. The molecule has 1 unspecified atom stereocenters. The number of benzene rings is 1. The molecule has 1 atom stereocenters. The largest absolute Gasteiger partial charge is 0.497 e. The van der Waals surface area contributed by atoms with Crippen molar-refractivity contribution in [2.75, 3.05) is 7.11 Å². The van der Waals surface area contributed by atoms with Crippen molar-refractivity contribution >= 4 is 12.6 Å². The first-order valence-electron chi connectivity index (χ1n) is 7.85. The fraction of sp³-hybridized carbons (Fsp3) is 0.647. The lowest BCUT2D eigenvalue weighted by molar-refractivity contribution is 0.00578. The molecule has 1 aliphatic heterocycles. The molecule has 0 aromatic heterocycles. The van der Waals surface area contributed by atoms with Gasteiger partial charge in [-0.1, -0.05) is 6.07 Å². The summed E-state index contributed by atoms with van der Waals surface area (Å²) in [5.41, 5.74) is -0.823. The first-order chi connectivity index (χ1) is 10.4. The van der Waals surface area contributed by atoms with Crippen LogP contribution in [0, 0.1) is 0 Å². The predicted molar refractivity (Wildman–Crippen MR) is 85.6 cm³/mol. The fourth-order valence-electron chi connectivity index (χ4n) is 2.89. The number of ether oxygens (including phenoxy) is 1. The lowest BCUT2D eigenvalue weighted by Crippen LogP contribution is -2.41. The van der Waals surface area contributed by atoms with Gasteiger partial charge in [0.2, 0.25) is 0 Å². The Hall–Kier alpha value is -1.14. The van der Waals surface area contributed by atoms with Crippen molar-refractivity contribution in [1.29, 1.82) is 0 Å². The van der Waals surface area contributed by atoms with Gasteiger partial charge in [-0.25, -0.2) is 8.78 Å². The second-order valence-electron chi connectivity index (χ2n) is 7.80. The molecule has 1 saturated heterocycles. The monoisotopic (exact) mass is 324 g/mol. The van der Waals surface area contributed by atoms with Gasteiger partial charge in [0.05, 0.1) is 23.7 Å². The van der Waals surface area contributed by atoms with Crippen LogP contribution < -0.4 is 10.2 Å². The van der Waals surface area contributed by atoms with Crippen LogP contribution in [0.4, 0.5) is 8.78 Å². The number of halogens is 2. The molecule has 0 amide bonds. The second kappa shape index (κ2) is 4.70. The molecule has 1 aromatic rings. The molecule has 23 heavy (non-hydrogen) atoms. The van der Waals surface area contributed by atoms with E-state index in [1.165, 1.54) is 7.11 Å². The summed E-state index contributed by atoms with van der Waals surface area (Å²) in [7, 11) is 0.936. The highest BCUT2D eigenvalue weighted by molar-refractivity contribution is 6.62. The first-order valence-corrected chi connectivity index (χ1v) is 7.85. The maximum Gasteiger partial charge on any atom is 0.494 e. The van der Waals surface area contributed by atoms with E-state index in [0.717, 1.165) is 0 Å². The third kappa shape index (κ3) is 2.47. The van der Waals surface area contributed by atoms with Gasteiger partial charge in [0.15, 0.2) is 0 Å². The van der Waals surface area contributed by atoms with Crippen LogP contribution in [0.3, 0.4) is 0 Å². The number of hydrogen-bond donors (Lipinski definition) is 0. The quantitative estimate of drug-likeness (QED) is 0.799. The van der Waals surface area contributed by atoms with Gasteiger partial charge in [-0.15, -0.1) is 0 Å². The van der Waals surface area contributed by atoms with Crippen LogP contribution in [-0.2, 0) is 14.7 Å². The minimum atomic E-state index is -2.67. The molecule has 0 radical (unpaired) electrons. The van der Waals surface area contributed by atoms with Crippen LogP contribution in [0.5, 0.6) is 5.75 Å². The average molecular weight is 324 g/mol. The van der Waals surface area contributed by atoms with Crippen LogP contribution in [0.25, 0.3) is 0 Å². The smallest absolute Gasteiger partial charge is 0.494 e. The number of rotatable bonds is 3. The van der Waals surface area contributed by atoms with E-state index in [4.69, 9.17) is 14.0 Å². The Kier molecular flexibility index (Phi) is 3.41. The van der Waals surface area contributed by atoms with E-state index in [1.807, 2.05) is 27.7 Å². The summed E-state index contributed by atoms with van der Waals surface area (Å²) in [6.07, 6.45) is -0.143. The molecule has 0 bridgehead atoms. The van der Waals surface area contributed by atoms with Gasteiger partial charge >= 0.3 is 7.12 Å². The molecule has 6 heteroatoms. The Balaban J connectivity index is 1.98. The van der Waals surface area contributed by atoms with Crippen LogP contribution in [0.15, 0.2) is 18.2 Å². The van der Waals surface area contributed by atoms with Crippen LogP contribution in [0.1, 0.15) is 46.6 Å². The van der Waals surface area contributed by atoms with Crippen molar-refractivity contribution in [3.05, 3.63) is 23.8 Å². The molecule has 0 spiro atoms. The van der Waals surface area contributed by atoms with E-state index >= 15 is 0 Å². The Bertz CT molecular complexity index is 629. The lowest BCUT2D eigenvalue weighted by atomic mass is 9.77. The molecule has 1 saturated carbocycles. The third-order valence-electron chi connectivity index (χ3n) is 5.58. The van der Waals surface area contributed by atoms with Gasteiger partial charge < -0.3 is 14.0 Å². The minimum absolute atomic E-state index is 0.143. The highest BCUT2D eigenvalue weighted by Gasteiger charge is 2.68. The van der Waals surface area contributed by atoms with E-state index in [2.05, 4.69) is 0 Å². The van der Waals surface area contributed by atoms with Crippen molar-refractivity contribution in [1.82, 2.24) is 0 Å². The van der Waals surface area contributed by atoms with Crippen LogP contribution in [-0.4, -0.2) is 31.4 Å². The van der Waals surface area contributed by atoms with Gasteiger partial charge in [0, 0.05) is 6.42 Å². The topological polar surface area (TPSA) is 27.7 Å². The molecule has 0 N–H and O–H groups in total. The zero-order valence-electron chi connectivity index (χ0n) is 14.5. The van der Waals surface area contributed by atoms with Gasteiger partial charge in [-0.3, -0.25) is 0 Å². The normalized spacial score (nSPS) is 30.3. The van der Waals surface area contributed by atoms with Crippen LogP contribution in [0.2, 0.25) is 0 Å². The SMILES string of the molecule is COc1cc(B2OC(C)(C)C(C)(C)O2)cc(C2(C)CC2(F)F)c1. The zero-order chi connectivity index (χ0) is 17.3. The first kappa shape index (κ1) is 16.7. The van der Waals surface area contributed by atoms with Gasteiger partial charge in [0.1, 0.15) is 5.75 Å². The minimum Gasteiger partial charge on any atom is -0.497 e. The van der Waals surface area contributed by atoms with Crippen molar-refractivity contribution in [2.45, 2.75) is 63.6 Å². The molecule has 2 fully saturated rings. The van der Waals surface area contributed by atoms with Gasteiger partial charge in [0.25, 0.3) is 5.92 Å². The highest BCUT2D eigenvalue weighted by atomic mass is 19.3. The Labute approximate surface area is 136 Å². The molecule has 1 aromatic carbocycles. The predicted octanol–water partition coefficient (Wildman–Crippen LogP) is 3.29. The average Bonchev–Trinajstić information content (AvgIpc) is 2.87. The molecular formula is C17H23BF2O3. The summed E-state index contributed by atoms with van der Waals surface area (Å²) >= 11 is 0. The molecular weight excluding hydrogens is 301 g/mol. The number of methoxy groups -OCH3 is 1. The Morgan fingerprint density at radius 3 is 1.96 bits per heavy atom. The summed E-state index contributed by atoms with van der Waals surface area (Å²) in [6, 6.07) is 5.22. The Morgan fingerprint density at radius 2 is 1.52 bits per heavy atom. The standard InChI is InChI=1S/C17H23BF2O3/c1-14(2)15(3,4)23-18(22-14)12-7-11(8-13(9-12)21-6)16(5)10-17(16,19)20/h7-9H,10H2,1-6H3. The van der Waals surface area contributed by atoms with Crippen molar-refractivity contribution in [3.8, 4) is 5.75 Å².